The molecule has 2 rings (SSSR count). The summed E-state index contributed by atoms with van der Waals surface area (Å²) < 4.78 is 1.88. The molecule has 19 heavy (non-hydrogen) atoms. The second kappa shape index (κ2) is 5.73. The Labute approximate surface area is 111 Å². The summed E-state index contributed by atoms with van der Waals surface area (Å²) in [5, 5.41) is 11.7. The van der Waals surface area contributed by atoms with Gasteiger partial charge in [0.1, 0.15) is 0 Å². The van der Waals surface area contributed by atoms with Crippen LogP contribution in [0.4, 0.5) is 4.79 Å². The highest BCUT2D eigenvalue weighted by molar-refractivity contribution is 5.76. The molecule has 0 radical (unpaired) electrons. The second-order valence-electron chi connectivity index (χ2n) is 4.82. The van der Waals surface area contributed by atoms with Crippen LogP contribution in [-0.4, -0.2) is 51.2 Å². The molecular weight excluding hydrogens is 248 g/mol. The van der Waals surface area contributed by atoms with Crippen molar-refractivity contribution < 1.29 is 14.7 Å². The van der Waals surface area contributed by atoms with Gasteiger partial charge >= 0.3 is 12.0 Å². The molecule has 1 fully saturated rings. The molecule has 0 aromatic carbocycles. The van der Waals surface area contributed by atoms with E-state index < -0.39 is 11.9 Å². The van der Waals surface area contributed by atoms with Gasteiger partial charge in [-0.05, 0) is 0 Å². The first-order valence-electron chi connectivity index (χ1n) is 6.29. The molecule has 0 aliphatic carbocycles. The molecule has 7 heteroatoms. The number of rotatable bonds is 5. The summed E-state index contributed by atoms with van der Waals surface area (Å²) in [6, 6.07) is -0.131. The van der Waals surface area contributed by atoms with Crippen LogP contribution >= 0.6 is 0 Å². The van der Waals surface area contributed by atoms with E-state index in [9.17, 15) is 9.59 Å². The van der Waals surface area contributed by atoms with Gasteiger partial charge in [-0.15, -0.1) is 0 Å². The number of carboxylic acid groups (broad SMARTS) is 1. The van der Waals surface area contributed by atoms with Gasteiger partial charge in [-0.3, -0.25) is 4.79 Å². The number of nitrogens with one attached hydrogen (secondary N) is 1. The van der Waals surface area contributed by atoms with Crippen molar-refractivity contribution in [1.29, 1.82) is 0 Å². The standard InChI is InChI=1S/C12H18N4O3/c1-9(11(17)18)10-6-16(7-10)12(19)14-3-5-15-4-2-13-8-15/h2,4,8-10H,3,5-7H2,1H3,(H,14,19)(H,17,18). The highest BCUT2D eigenvalue weighted by atomic mass is 16.4. The maximum absolute atomic E-state index is 11.7. The summed E-state index contributed by atoms with van der Waals surface area (Å²) in [5.41, 5.74) is 0. The first-order chi connectivity index (χ1) is 9.08. The van der Waals surface area contributed by atoms with Crippen LogP contribution in [-0.2, 0) is 11.3 Å². The Morgan fingerprint density at radius 1 is 1.53 bits per heavy atom. The monoisotopic (exact) mass is 266 g/mol. The van der Waals surface area contributed by atoms with Gasteiger partial charge in [-0.1, -0.05) is 6.92 Å². The van der Waals surface area contributed by atoms with Crippen molar-refractivity contribution in [2.24, 2.45) is 11.8 Å². The molecule has 2 N–H and O–H groups in total. The lowest BCUT2D eigenvalue weighted by Crippen LogP contribution is -2.56. The second-order valence-corrected chi connectivity index (χ2v) is 4.82. The molecule has 2 heterocycles. The van der Waals surface area contributed by atoms with Gasteiger partial charge in [0, 0.05) is 44.5 Å². The van der Waals surface area contributed by atoms with E-state index in [0.29, 0.717) is 26.2 Å². The molecule has 1 aliphatic rings. The Hall–Kier alpha value is -2.05. The minimum atomic E-state index is -0.801. The minimum Gasteiger partial charge on any atom is -0.481 e. The molecule has 1 unspecified atom stereocenters. The zero-order chi connectivity index (χ0) is 13.8. The summed E-state index contributed by atoms with van der Waals surface area (Å²) in [6.45, 7) is 3.93. The summed E-state index contributed by atoms with van der Waals surface area (Å²) in [4.78, 5) is 28.1. The number of hydrogen-bond acceptors (Lipinski definition) is 3. The Morgan fingerprint density at radius 2 is 2.26 bits per heavy atom. The van der Waals surface area contributed by atoms with Crippen molar-refractivity contribution in [3.63, 3.8) is 0 Å². The van der Waals surface area contributed by atoms with E-state index in [2.05, 4.69) is 10.3 Å². The van der Waals surface area contributed by atoms with Crippen molar-refractivity contribution in [2.45, 2.75) is 13.5 Å². The van der Waals surface area contributed by atoms with Crippen LogP contribution in [0.5, 0.6) is 0 Å². The predicted molar refractivity (Wildman–Crippen MR) is 67.5 cm³/mol. The molecule has 1 aromatic rings. The van der Waals surface area contributed by atoms with Crippen LogP contribution in [0.3, 0.4) is 0 Å². The molecule has 0 saturated carbocycles. The van der Waals surface area contributed by atoms with Crippen LogP contribution < -0.4 is 5.32 Å². The number of carbonyl (C=O) groups excluding carboxylic acids is 1. The highest BCUT2D eigenvalue weighted by Crippen LogP contribution is 2.23. The van der Waals surface area contributed by atoms with Gasteiger partial charge in [0.15, 0.2) is 0 Å². The Bertz CT molecular complexity index is 440. The molecule has 1 aliphatic heterocycles. The van der Waals surface area contributed by atoms with Crippen molar-refractivity contribution >= 4 is 12.0 Å². The lowest BCUT2D eigenvalue weighted by Gasteiger charge is -2.41. The number of imidazole rings is 1. The summed E-state index contributed by atoms with van der Waals surface area (Å²) in [5.74, 6) is -1.13. The molecule has 2 amide bonds. The number of nitrogens with zero attached hydrogens (tertiary/aromatic N) is 3. The maximum atomic E-state index is 11.7. The summed E-state index contributed by atoms with van der Waals surface area (Å²) in [7, 11) is 0. The van der Waals surface area contributed by atoms with Crippen LogP contribution in [0, 0.1) is 11.8 Å². The van der Waals surface area contributed by atoms with E-state index in [1.165, 1.54) is 0 Å². The molecule has 1 aromatic heterocycles. The van der Waals surface area contributed by atoms with Crippen LogP contribution in [0.1, 0.15) is 6.92 Å². The zero-order valence-corrected chi connectivity index (χ0v) is 10.8. The topological polar surface area (TPSA) is 87.5 Å². The van der Waals surface area contributed by atoms with Gasteiger partial charge in [0.25, 0.3) is 0 Å². The SMILES string of the molecule is CC(C(=O)O)C1CN(C(=O)NCCn2ccnc2)C1. The largest absolute Gasteiger partial charge is 0.481 e. The van der Waals surface area contributed by atoms with E-state index in [4.69, 9.17) is 5.11 Å². The van der Waals surface area contributed by atoms with Gasteiger partial charge < -0.3 is 19.9 Å². The Morgan fingerprint density at radius 3 is 2.84 bits per heavy atom. The molecule has 104 valence electrons. The number of urea groups is 1. The third-order valence-electron chi connectivity index (χ3n) is 3.50. The zero-order valence-electron chi connectivity index (χ0n) is 10.8. The molecule has 0 spiro atoms. The molecule has 7 nitrogen and oxygen atoms in total. The van der Waals surface area contributed by atoms with E-state index in [-0.39, 0.29) is 11.9 Å². The fraction of sp³-hybridized carbons (Fsp3) is 0.583. The number of amides is 2. The van der Waals surface area contributed by atoms with Crippen LogP contribution in [0.25, 0.3) is 0 Å². The number of carbonyl (C=O) groups is 2. The van der Waals surface area contributed by atoms with E-state index in [0.717, 1.165) is 0 Å². The summed E-state index contributed by atoms with van der Waals surface area (Å²) >= 11 is 0. The van der Waals surface area contributed by atoms with Crippen LogP contribution in [0.15, 0.2) is 18.7 Å². The van der Waals surface area contributed by atoms with E-state index in [1.807, 2.05) is 10.8 Å². The molecule has 0 bridgehead atoms. The van der Waals surface area contributed by atoms with Crippen molar-refractivity contribution in [2.75, 3.05) is 19.6 Å². The number of carboxylic acids is 1. The van der Waals surface area contributed by atoms with Crippen molar-refractivity contribution in [1.82, 2.24) is 19.8 Å². The maximum Gasteiger partial charge on any atom is 0.317 e. The lowest BCUT2D eigenvalue weighted by atomic mass is 9.87. The Kier molecular flexibility index (Phi) is 4.03. The minimum absolute atomic E-state index is 0.0666. The number of aliphatic carboxylic acids is 1. The smallest absolute Gasteiger partial charge is 0.317 e. The molecular formula is C12H18N4O3. The molecule has 1 atom stereocenters. The summed E-state index contributed by atoms with van der Waals surface area (Å²) in [6.07, 6.45) is 5.22. The average Bonchev–Trinajstić information content (AvgIpc) is 2.79. The number of hydrogen-bond donors (Lipinski definition) is 2. The van der Waals surface area contributed by atoms with Gasteiger partial charge in [-0.2, -0.15) is 0 Å². The fourth-order valence-corrected chi connectivity index (χ4v) is 2.02. The average molecular weight is 266 g/mol. The number of aromatic nitrogens is 2. The van der Waals surface area contributed by atoms with Crippen molar-refractivity contribution in [3.8, 4) is 0 Å². The molecule has 1 saturated heterocycles. The van der Waals surface area contributed by atoms with E-state index in [1.54, 1.807) is 24.3 Å². The highest BCUT2D eigenvalue weighted by Gasteiger charge is 2.36. The quantitative estimate of drug-likeness (QED) is 0.799. The van der Waals surface area contributed by atoms with Crippen LogP contribution in [0.2, 0.25) is 0 Å². The first kappa shape index (κ1) is 13.4. The van der Waals surface area contributed by atoms with E-state index >= 15 is 0 Å². The van der Waals surface area contributed by atoms with Gasteiger partial charge in [-0.25, -0.2) is 9.78 Å². The van der Waals surface area contributed by atoms with Gasteiger partial charge in [0.05, 0.1) is 12.2 Å². The fourth-order valence-electron chi connectivity index (χ4n) is 2.02. The van der Waals surface area contributed by atoms with Gasteiger partial charge in [0.2, 0.25) is 0 Å². The number of likely N-dealkylation sites (tertiary alicyclic amines) is 1. The van der Waals surface area contributed by atoms with Crippen molar-refractivity contribution in [3.05, 3.63) is 18.7 Å². The third kappa shape index (κ3) is 3.24. The Balaban J connectivity index is 1.65. The third-order valence-corrected chi connectivity index (χ3v) is 3.50. The lowest BCUT2D eigenvalue weighted by molar-refractivity contribution is -0.144. The predicted octanol–water partition coefficient (Wildman–Crippen LogP) is 0.245. The first-order valence-corrected chi connectivity index (χ1v) is 6.29. The normalized spacial score (nSPS) is 16.8.